The van der Waals surface area contributed by atoms with Gasteiger partial charge in [-0.25, -0.2) is 8.78 Å². The van der Waals surface area contributed by atoms with E-state index in [0.29, 0.717) is 25.3 Å². The molecule has 0 spiro atoms. The van der Waals surface area contributed by atoms with Crippen LogP contribution in [0.3, 0.4) is 0 Å². The fraction of sp³-hybridized carbons (Fsp3) is 0.500. The van der Waals surface area contributed by atoms with E-state index in [0.717, 1.165) is 18.9 Å². The maximum atomic E-state index is 13.9. The lowest BCUT2D eigenvalue weighted by Crippen LogP contribution is -2.26. The Bertz CT molecular complexity index is 485. The second kappa shape index (κ2) is 6.09. The molecule has 1 saturated carbocycles. The lowest BCUT2D eigenvalue weighted by atomic mass is 9.78. The zero-order valence-electron chi connectivity index (χ0n) is 10.5. The van der Waals surface area contributed by atoms with Crippen LogP contribution in [0.5, 0.6) is 0 Å². The monoisotopic (exact) mass is 331 g/mol. The van der Waals surface area contributed by atoms with Crippen molar-refractivity contribution in [1.82, 2.24) is 0 Å². The number of benzene rings is 1. The number of ketones is 1. The first-order chi connectivity index (χ1) is 9.04. The summed E-state index contributed by atoms with van der Waals surface area (Å²) >= 11 is 2.98. The second-order valence-electron chi connectivity index (χ2n) is 5.04. The molecule has 0 aliphatic heterocycles. The number of halogens is 3. The number of hydrogen-bond donors (Lipinski definition) is 1. The molecule has 2 rings (SSSR count). The quantitative estimate of drug-likeness (QED) is 0.678. The highest BCUT2D eigenvalue weighted by Gasteiger charge is 2.30. The molecular formula is C14H16BrF2NO. The van der Waals surface area contributed by atoms with Gasteiger partial charge in [-0.05, 0) is 66.2 Å². The zero-order valence-corrected chi connectivity index (χ0v) is 12.1. The van der Waals surface area contributed by atoms with Crippen molar-refractivity contribution in [2.24, 2.45) is 17.6 Å². The lowest BCUT2D eigenvalue weighted by Gasteiger charge is -2.26. The van der Waals surface area contributed by atoms with Crippen molar-refractivity contribution in [1.29, 1.82) is 0 Å². The van der Waals surface area contributed by atoms with Gasteiger partial charge in [0.25, 0.3) is 0 Å². The number of rotatable bonds is 3. The van der Waals surface area contributed by atoms with E-state index in [9.17, 15) is 13.6 Å². The van der Waals surface area contributed by atoms with Gasteiger partial charge in [0.05, 0.1) is 10.0 Å². The summed E-state index contributed by atoms with van der Waals surface area (Å²) in [5, 5.41) is 0. The summed E-state index contributed by atoms with van der Waals surface area (Å²) in [5.74, 6) is -1.87. The molecule has 0 bridgehead atoms. The molecule has 0 amide bonds. The van der Waals surface area contributed by atoms with Gasteiger partial charge in [-0.1, -0.05) is 0 Å². The van der Waals surface area contributed by atoms with Crippen molar-refractivity contribution in [3.05, 3.63) is 33.8 Å². The molecule has 0 saturated heterocycles. The summed E-state index contributed by atoms with van der Waals surface area (Å²) in [5.41, 5.74) is 5.18. The van der Waals surface area contributed by atoms with Gasteiger partial charge in [0.15, 0.2) is 11.6 Å². The minimum atomic E-state index is -0.800. The number of hydrogen-bond acceptors (Lipinski definition) is 2. The van der Waals surface area contributed by atoms with Gasteiger partial charge in [0, 0.05) is 5.92 Å². The molecule has 1 aliphatic carbocycles. The highest BCUT2D eigenvalue weighted by atomic mass is 79.9. The Kier molecular flexibility index (Phi) is 4.68. The van der Waals surface area contributed by atoms with Crippen LogP contribution in [0.4, 0.5) is 8.78 Å². The Balaban J connectivity index is 2.19. The molecule has 0 aromatic heterocycles. The zero-order chi connectivity index (χ0) is 14.0. The first-order valence-electron chi connectivity index (χ1n) is 6.42. The molecule has 0 radical (unpaired) electrons. The summed E-state index contributed by atoms with van der Waals surface area (Å²) in [6.45, 7) is 0.612. The Labute approximate surface area is 119 Å². The first kappa shape index (κ1) is 14.6. The fourth-order valence-corrected chi connectivity index (χ4v) is 2.95. The highest BCUT2D eigenvalue weighted by molar-refractivity contribution is 9.10. The summed E-state index contributed by atoms with van der Waals surface area (Å²) in [4.78, 5) is 12.3. The normalized spacial score (nSPS) is 23.4. The van der Waals surface area contributed by atoms with Crippen molar-refractivity contribution in [3.63, 3.8) is 0 Å². The molecule has 2 N–H and O–H groups in total. The Morgan fingerprint density at radius 2 is 1.89 bits per heavy atom. The standard InChI is InChI=1S/C14H16BrF2NO/c15-10-5-6-11(16)12(13(10)17)14(19)9-3-1-8(7-18)2-4-9/h5-6,8-9H,1-4,7,18H2. The average molecular weight is 332 g/mol. The van der Waals surface area contributed by atoms with Crippen LogP contribution in [0.1, 0.15) is 36.0 Å². The van der Waals surface area contributed by atoms with E-state index in [1.54, 1.807) is 0 Å². The predicted octanol–water partition coefficient (Wildman–Crippen LogP) is 3.68. The molecule has 1 aromatic rings. The van der Waals surface area contributed by atoms with Crippen molar-refractivity contribution < 1.29 is 13.6 Å². The van der Waals surface area contributed by atoms with Gasteiger partial charge in [-0.3, -0.25) is 4.79 Å². The SMILES string of the molecule is NCC1CCC(C(=O)c2c(F)ccc(Br)c2F)CC1. The summed E-state index contributed by atoms with van der Waals surface area (Å²) in [6.07, 6.45) is 3.02. The summed E-state index contributed by atoms with van der Waals surface area (Å²) < 4.78 is 27.7. The van der Waals surface area contributed by atoms with Crippen molar-refractivity contribution in [3.8, 4) is 0 Å². The minimum Gasteiger partial charge on any atom is -0.330 e. The van der Waals surface area contributed by atoms with Crippen molar-refractivity contribution in [2.45, 2.75) is 25.7 Å². The van der Waals surface area contributed by atoms with E-state index in [-0.39, 0.29) is 10.4 Å². The molecule has 0 atom stereocenters. The largest absolute Gasteiger partial charge is 0.330 e. The van der Waals surface area contributed by atoms with E-state index < -0.39 is 23.0 Å². The molecule has 104 valence electrons. The average Bonchev–Trinajstić information content (AvgIpc) is 2.43. The lowest BCUT2D eigenvalue weighted by molar-refractivity contribution is 0.0864. The Morgan fingerprint density at radius 1 is 1.26 bits per heavy atom. The number of Topliss-reactive ketones (excluding diaryl/α,β-unsaturated/α-hetero) is 1. The maximum Gasteiger partial charge on any atom is 0.171 e. The van der Waals surface area contributed by atoms with Gasteiger partial charge >= 0.3 is 0 Å². The van der Waals surface area contributed by atoms with Gasteiger partial charge in [0.2, 0.25) is 0 Å². The van der Waals surface area contributed by atoms with E-state index in [4.69, 9.17) is 5.73 Å². The third-order valence-electron chi connectivity index (χ3n) is 3.84. The Morgan fingerprint density at radius 3 is 2.47 bits per heavy atom. The van der Waals surface area contributed by atoms with Gasteiger partial charge < -0.3 is 5.73 Å². The van der Waals surface area contributed by atoms with Crippen molar-refractivity contribution >= 4 is 21.7 Å². The molecule has 2 nitrogen and oxygen atoms in total. The van der Waals surface area contributed by atoms with Crippen LogP contribution in [0.15, 0.2) is 16.6 Å². The van der Waals surface area contributed by atoms with Crippen molar-refractivity contribution in [2.75, 3.05) is 6.54 Å². The molecule has 5 heteroatoms. The summed E-state index contributed by atoms with van der Waals surface area (Å²) in [7, 11) is 0. The van der Waals surface area contributed by atoms with Gasteiger partial charge in [-0.2, -0.15) is 0 Å². The number of carbonyl (C=O) groups excluding carboxylic acids is 1. The van der Waals surface area contributed by atoms with Crippen LogP contribution in [0, 0.1) is 23.5 Å². The van der Waals surface area contributed by atoms with Crippen LogP contribution in [0.2, 0.25) is 0 Å². The molecule has 1 aromatic carbocycles. The van der Waals surface area contributed by atoms with Crippen LogP contribution >= 0.6 is 15.9 Å². The number of nitrogens with two attached hydrogens (primary N) is 1. The smallest absolute Gasteiger partial charge is 0.171 e. The Hall–Kier alpha value is -0.810. The van der Waals surface area contributed by atoms with E-state index in [1.165, 1.54) is 6.07 Å². The van der Waals surface area contributed by atoms with E-state index in [1.807, 2.05) is 0 Å². The molecule has 1 aliphatic rings. The minimum absolute atomic E-state index is 0.118. The molecule has 0 heterocycles. The van der Waals surface area contributed by atoms with Gasteiger partial charge in [-0.15, -0.1) is 0 Å². The third-order valence-corrected chi connectivity index (χ3v) is 4.45. The third kappa shape index (κ3) is 3.03. The first-order valence-corrected chi connectivity index (χ1v) is 7.21. The molecule has 19 heavy (non-hydrogen) atoms. The maximum absolute atomic E-state index is 13.9. The summed E-state index contributed by atoms with van der Waals surface area (Å²) in [6, 6.07) is 2.39. The molecule has 0 unspecified atom stereocenters. The van der Waals surface area contributed by atoms with Gasteiger partial charge in [0.1, 0.15) is 5.82 Å². The van der Waals surface area contributed by atoms with E-state index >= 15 is 0 Å². The topological polar surface area (TPSA) is 43.1 Å². The van der Waals surface area contributed by atoms with Crippen LogP contribution in [-0.2, 0) is 0 Å². The highest BCUT2D eigenvalue weighted by Crippen LogP contribution is 2.32. The predicted molar refractivity (Wildman–Crippen MR) is 72.9 cm³/mol. The molecule has 1 fully saturated rings. The van der Waals surface area contributed by atoms with Crippen LogP contribution in [-0.4, -0.2) is 12.3 Å². The van der Waals surface area contributed by atoms with Crippen LogP contribution < -0.4 is 5.73 Å². The second-order valence-corrected chi connectivity index (χ2v) is 5.89. The fourth-order valence-electron chi connectivity index (χ4n) is 2.62. The number of carbonyl (C=O) groups is 1. The molecular weight excluding hydrogens is 316 g/mol. The van der Waals surface area contributed by atoms with E-state index in [2.05, 4.69) is 15.9 Å². The van der Waals surface area contributed by atoms with Crippen LogP contribution in [0.25, 0.3) is 0 Å².